The number of hydrogen-bond donors (Lipinski definition) is 0. The molecule has 0 saturated carbocycles. The zero-order valence-electron chi connectivity index (χ0n) is 17.2. The fourth-order valence-corrected chi connectivity index (χ4v) is 4.47. The first kappa shape index (κ1) is 20.0. The van der Waals surface area contributed by atoms with Gasteiger partial charge in [-0.1, -0.05) is 30.3 Å². The third-order valence-corrected chi connectivity index (χ3v) is 6.34. The lowest BCUT2D eigenvalue weighted by molar-refractivity contribution is -0.138. The Labute approximate surface area is 174 Å². The molecule has 1 aromatic carbocycles. The van der Waals surface area contributed by atoms with Gasteiger partial charge in [-0.3, -0.25) is 19.6 Å². The summed E-state index contributed by atoms with van der Waals surface area (Å²) in [6.45, 7) is 7.82. The monoisotopic (exact) mass is 392 g/mol. The molecule has 0 spiro atoms. The topological polar surface area (TPSA) is 39.7 Å². The first-order chi connectivity index (χ1) is 14.3. The van der Waals surface area contributed by atoms with Crippen LogP contribution in [-0.2, 0) is 17.8 Å². The minimum absolute atomic E-state index is 0.208. The van der Waals surface area contributed by atoms with Gasteiger partial charge < -0.3 is 4.90 Å². The highest BCUT2D eigenvalue weighted by Crippen LogP contribution is 2.22. The van der Waals surface area contributed by atoms with Gasteiger partial charge in [-0.05, 0) is 55.6 Å². The van der Waals surface area contributed by atoms with Crippen LogP contribution in [0.4, 0.5) is 0 Å². The Kier molecular flexibility index (Phi) is 6.91. The van der Waals surface area contributed by atoms with Crippen LogP contribution < -0.4 is 0 Å². The summed E-state index contributed by atoms with van der Waals surface area (Å²) in [7, 11) is 0. The van der Waals surface area contributed by atoms with Crippen molar-refractivity contribution in [3.63, 3.8) is 0 Å². The lowest BCUT2D eigenvalue weighted by Crippen LogP contribution is -2.51. The number of rotatable bonds is 6. The molecule has 2 aromatic rings. The van der Waals surface area contributed by atoms with Gasteiger partial charge in [0.05, 0.1) is 0 Å². The Morgan fingerprint density at radius 1 is 0.828 bits per heavy atom. The molecule has 0 N–H and O–H groups in total. The van der Waals surface area contributed by atoms with E-state index in [-0.39, 0.29) is 5.92 Å². The van der Waals surface area contributed by atoms with E-state index in [1.165, 1.54) is 11.1 Å². The Bertz CT molecular complexity index is 751. The predicted octanol–water partition coefficient (Wildman–Crippen LogP) is 2.68. The van der Waals surface area contributed by atoms with Gasteiger partial charge in [0.25, 0.3) is 0 Å². The number of carbonyl (C=O) groups is 1. The fourth-order valence-electron chi connectivity index (χ4n) is 4.47. The third kappa shape index (κ3) is 5.64. The highest BCUT2D eigenvalue weighted by Gasteiger charge is 2.30. The van der Waals surface area contributed by atoms with Crippen molar-refractivity contribution >= 4 is 5.91 Å². The van der Waals surface area contributed by atoms with E-state index in [2.05, 4.69) is 62.1 Å². The number of aromatic nitrogens is 1. The van der Waals surface area contributed by atoms with Crippen molar-refractivity contribution in [2.75, 3.05) is 45.8 Å². The van der Waals surface area contributed by atoms with Crippen LogP contribution in [-0.4, -0.2) is 71.4 Å². The molecule has 2 fully saturated rings. The highest BCUT2D eigenvalue weighted by atomic mass is 16.2. The molecule has 3 heterocycles. The molecular formula is C24H32N4O. The van der Waals surface area contributed by atoms with Gasteiger partial charge in [-0.25, -0.2) is 0 Å². The molecule has 1 amide bonds. The number of amides is 1. The van der Waals surface area contributed by atoms with Crippen LogP contribution in [0.15, 0.2) is 54.9 Å². The molecule has 0 aliphatic carbocycles. The summed E-state index contributed by atoms with van der Waals surface area (Å²) < 4.78 is 0. The van der Waals surface area contributed by atoms with Gasteiger partial charge in [0, 0.05) is 57.6 Å². The lowest BCUT2D eigenvalue weighted by atomic mass is 9.94. The highest BCUT2D eigenvalue weighted by molar-refractivity contribution is 5.79. The Morgan fingerprint density at radius 3 is 2.21 bits per heavy atom. The minimum Gasteiger partial charge on any atom is -0.340 e. The summed E-state index contributed by atoms with van der Waals surface area (Å²) in [5.74, 6) is 0.593. The summed E-state index contributed by atoms with van der Waals surface area (Å²) >= 11 is 0. The van der Waals surface area contributed by atoms with Crippen LogP contribution >= 0.6 is 0 Å². The lowest BCUT2D eigenvalue weighted by Gasteiger charge is -2.38. The molecule has 2 aliphatic heterocycles. The largest absolute Gasteiger partial charge is 0.340 e. The number of nitrogens with zero attached hydrogens (tertiary/aromatic N) is 4. The quantitative estimate of drug-likeness (QED) is 0.758. The fraction of sp³-hybridized carbons (Fsp3) is 0.500. The SMILES string of the molecule is O=C(C1CCN(Cc2ccncc2)CC1)N1CCN(CCc2ccccc2)CC1. The predicted molar refractivity (Wildman–Crippen MR) is 115 cm³/mol. The van der Waals surface area contributed by atoms with Crippen molar-refractivity contribution in [2.45, 2.75) is 25.8 Å². The van der Waals surface area contributed by atoms with Crippen LogP contribution in [0.2, 0.25) is 0 Å². The van der Waals surface area contributed by atoms with Gasteiger partial charge in [0.2, 0.25) is 5.91 Å². The summed E-state index contributed by atoms with van der Waals surface area (Å²) in [6.07, 6.45) is 6.76. The number of carbonyl (C=O) groups excluding carboxylic acids is 1. The normalized spacial score (nSPS) is 19.4. The Balaban J connectivity index is 1.17. The van der Waals surface area contributed by atoms with Crippen molar-refractivity contribution in [1.82, 2.24) is 19.7 Å². The molecule has 0 bridgehead atoms. The van der Waals surface area contributed by atoms with Crippen LogP contribution in [0.25, 0.3) is 0 Å². The van der Waals surface area contributed by atoms with E-state index < -0.39 is 0 Å². The number of pyridine rings is 1. The average molecular weight is 393 g/mol. The molecule has 154 valence electrons. The van der Waals surface area contributed by atoms with E-state index in [1.54, 1.807) is 0 Å². The standard InChI is InChI=1S/C24H32N4O/c29-24(23-9-14-27(15-10-23)20-22-6-11-25-12-7-22)28-18-16-26(17-19-28)13-8-21-4-2-1-3-5-21/h1-7,11-12,23H,8-10,13-20H2. The molecule has 0 atom stereocenters. The van der Waals surface area contributed by atoms with Crippen LogP contribution in [0.1, 0.15) is 24.0 Å². The average Bonchev–Trinajstić information content (AvgIpc) is 2.79. The summed E-state index contributed by atoms with van der Waals surface area (Å²) in [5.41, 5.74) is 2.70. The maximum absolute atomic E-state index is 13.0. The van der Waals surface area contributed by atoms with Crippen molar-refractivity contribution in [1.29, 1.82) is 0 Å². The van der Waals surface area contributed by atoms with Crippen LogP contribution in [0.5, 0.6) is 0 Å². The van der Waals surface area contributed by atoms with Gasteiger partial charge in [0.1, 0.15) is 0 Å². The van der Waals surface area contributed by atoms with E-state index in [4.69, 9.17) is 0 Å². The van der Waals surface area contributed by atoms with Crippen molar-refractivity contribution in [3.05, 3.63) is 66.0 Å². The summed E-state index contributed by atoms with van der Waals surface area (Å²) in [4.78, 5) is 24.1. The van der Waals surface area contributed by atoms with Gasteiger partial charge in [-0.2, -0.15) is 0 Å². The van der Waals surface area contributed by atoms with Gasteiger partial charge in [-0.15, -0.1) is 0 Å². The second-order valence-electron chi connectivity index (χ2n) is 8.31. The molecular weight excluding hydrogens is 360 g/mol. The first-order valence-electron chi connectivity index (χ1n) is 10.9. The Morgan fingerprint density at radius 2 is 1.52 bits per heavy atom. The number of benzene rings is 1. The second-order valence-corrected chi connectivity index (χ2v) is 8.31. The van der Waals surface area contributed by atoms with Crippen molar-refractivity contribution in [2.24, 2.45) is 5.92 Å². The molecule has 2 saturated heterocycles. The smallest absolute Gasteiger partial charge is 0.225 e. The maximum atomic E-state index is 13.0. The first-order valence-corrected chi connectivity index (χ1v) is 10.9. The van der Waals surface area contributed by atoms with Crippen LogP contribution in [0.3, 0.4) is 0 Å². The van der Waals surface area contributed by atoms with E-state index in [9.17, 15) is 4.79 Å². The molecule has 0 unspecified atom stereocenters. The number of piperazine rings is 1. The third-order valence-electron chi connectivity index (χ3n) is 6.34. The molecule has 2 aliphatic rings. The molecule has 4 rings (SSSR count). The van der Waals surface area contributed by atoms with Gasteiger partial charge in [0.15, 0.2) is 0 Å². The van der Waals surface area contributed by atoms with E-state index in [0.717, 1.165) is 71.6 Å². The Hall–Kier alpha value is -2.24. The molecule has 29 heavy (non-hydrogen) atoms. The molecule has 5 nitrogen and oxygen atoms in total. The molecule has 0 radical (unpaired) electrons. The number of hydrogen-bond acceptors (Lipinski definition) is 4. The minimum atomic E-state index is 0.208. The van der Waals surface area contributed by atoms with E-state index in [0.29, 0.717) is 5.91 Å². The summed E-state index contributed by atoms with van der Waals surface area (Å²) in [5, 5.41) is 0. The van der Waals surface area contributed by atoms with Crippen molar-refractivity contribution in [3.8, 4) is 0 Å². The van der Waals surface area contributed by atoms with Gasteiger partial charge >= 0.3 is 0 Å². The molecule has 5 heteroatoms. The van der Waals surface area contributed by atoms with E-state index in [1.807, 2.05) is 12.4 Å². The molecule has 1 aromatic heterocycles. The zero-order chi connectivity index (χ0) is 19.9. The van der Waals surface area contributed by atoms with Crippen molar-refractivity contribution < 1.29 is 4.79 Å². The second kappa shape index (κ2) is 9.99. The number of piperidine rings is 1. The summed E-state index contributed by atoms with van der Waals surface area (Å²) in [6, 6.07) is 14.8. The zero-order valence-corrected chi connectivity index (χ0v) is 17.2. The van der Waals surface area contributed by atoms with Crippen LogP contribution in [0, 0.1) is 5.92 Å². The van der Waals surface area contributed by atoms with E-state index >= 15 is 0 Å². The maximum Gasteiger partial charge on any atom is 0.225 e. The number of likely N-dealkylation sites (tertiary alicyclic amines) is 1.